The van der Waals surface area contributed by atoms with Crippen LogP contribution in [0.5, 0.6) is 0 Å². The molecule has 8 nitrogen and oxygen atoms in total. The van der Waals surface area contributed by atoms with Crippen LogP contribution in [0.25, 0.3) is 0 Å². The van der Waals surface area contributed by atoms with Crippen molar-refractivity contribution in [3.8, 4) is 0 Å². The number of rotatable bonds is 3. The molecule has 1 fully saturated rings. The Kier molecular flexibility index (Phi) is 4.20. The second kappa shape index (κ2) is 6.31. The van der Waals surface area contributed by atoms with E-state index < -0.39 is 11.2 Å². The number of nitrogens with one attached hydrogen (secondary N) is 2. The van der Waals surface area contributed by atoms with Gasteiger partial charge < -0.3 is 14.8 Å². The van der Waals surface area contributed by atoms with Crippen LogP contribution in [-0.2, 0) is 0 Å². The molecule has 1 atom stereocenters. The number of likely N-dealkylation sites (tertiary alicyclic amines) is 1. The Morgan fingerprint density at radius 3 is 2.79 bits per heavy atom. The van der Waals surface area contributed by atoms with Crippen LogP contribution >= 0.6 is 0 Å². The van der Waals surface area contributed by atoms with Crippen molar-refractivity contribution in [3.05, 3.63) is 56.5 Å². The molecule has 1 saturated heterocycles. The minimum atomic E-state index is -0.680. The Morgan fingerprint density at radius 1 is 1.29 bits per heavy atom. The molecule has 0 bridgehead atoms. The monoisotopic (exact) mass is 329 g/mol. The predicted octanol–water partition coefficient (Wildman–Crippen LogP) is 0.501. The van der Waals surface area contributed by atoms with E-state index in [4.69, 9.17) is 0 Å². The predicted molar refractivity (Wildman–Crippen MR) is 89.3 cm³/mol. The Hall–Kier alpha value is -2.90. The minimum absolute atomic E-state index is 0.0116. The van der Waals surface area contributed by atoms with Gasteiger partial charge in [0.2, 0.25) is 0 Å². The van der Waals surface area contributed by atoms with Crippen molar-refractivity contribution in [2.45, 2.75) is 18.9 Å². The van der Waals surface area contributed by atoms with Gasteiger partial charge in [-0.1, -0.05) is 0 Å². The molecule has 0 aliphatic carbocycles. The molecule has 1 amide bonds. The van der Waals surface area contributed by atoms with E-state index in [0.717, 1.165) is 30.3 Å². The first-order chi connectivity index (χ1) is 11.5. The van der Waals surface area contributed by atoms with Crippen LogP contribution in [0.4, 0.5) is 5.82 Å². The quantitative estimate of drug-likeness (QED) is 0.854. The van der Waals surface area contributed by atoms with Crippen molar-refractivity contribution in [3.63, 3.8) is 0 Å². The molecule has 0 radical (unpaired) electrons. The maximum absolute atomic E-state index is 12.7. The standard InChI is InChI=1S/C16H19N5O3/c1-20(2)13-8-10(5-6-17-13)12-4-3-7-21(12)15(23)11-9-14(22)19-16(24)18-11/h5-6,8-9,12H,3-4,7H2,1-2H3,(H2,18,19,22,24)/t12-/m0/s1. The molecule has 3 heterocycles. The van der Waals surface area contributed by atoms with Gasteiger partial charge in [-0.15, -0.1) is 0 Å². The minimum Gasteiger partial charge on any atom is -0.363 e. The largest absolute Gasteiger partial charge is 0.363 e. The Labute approximate surface area is 138 Å². The van der Waals surface area contributed by atoms with Crippen LogP contribution in [0.2, 0.25) is 0 Å². The average molecular weight is 329 g/mol. The zero-order valence-electron chi connectivity index (χ0n) is 13.6. The van der Waals surface area contributed by atoms with E-state index in [1.807, 2.05) is 31.1 Å². The number of anilines is 1. The topological polar surface area (TPSA) is 102 Å². The van der Waals surface area contributed by atoms with Gasteiger partial charge in [-0.3, -0.25) is 14.6 Å². The molecular formula is C16H19N5O3. The van der Waals surface area contributed by atoms with Crippen molar-refractivity contribution in [2.24, 2.45) is 0 Å². The summed E-state index contributed by atoms with van der Waals surface area (Å²) < 4.78 is 0. The fourth-order valence-electron chi connectivity index (χ4n) is 2.98. The molecular weight excluding hydrogens is 310 g/mol. The number of H-pyrrole nitrogens is 2. The van der Waals surface area contributed by atoms with E-state index in [1.54, 1.807) is 11.1 Å². The number of carbonyl (C=O) groups excluding carboxylic acids is 1. The van der Waals surface area contributed by atoms with Crippen LogP contribution < -0.4 is 16.1 Å². The van der Waals surface area contributed by atoms with Gasteiger partial charge in [0.15, 0.2) is 0 Å². The molecule has 2 N–H and O–H groups in total. The molecule has 0 spiro atoms. The lowest BCUT2D eigenvalue weighted by molar-refractivity contribution is 0.0729. The molecule has 126 valence electrons. The van der Waals surface area contributed by atoms with Gasteiger partial charge in [0.25, 0.3) is 11.5 Å². The number of pyridine rings is 1. The van der Waals surface area contributed by atoms with E-state index in [1.165, 1.54) is 0 Å². The van der Waals surface area contributed by atoms with Crippen molar-refractivity contribution < 1.29 is 4.79 Å². The van der Waals surface area contributed by atoms with Gasteiger partial charge in [0.1, 0.15) is 11.5 Å². The molecule has 8 heteroatoms. The number of carbonyl (C=O) groups is 1. The fraction of sp³-hybridized carbons (Fsp3) is 0.375. The highest BCUT2D eigenvalue weighted by Gasteiger charge is 2.31. The van der Waals surface area contributed by atoms with Crippen molar-refractivity contribution >= 4 is 11.7 Å². The lowest BCUT2D eigenvalue weighted by Crippen LogP contribution is -2.34. The van der Waals surface area contributed by atoms with Gasteiger partial charge in [-0.05, 0) is 30.5 Å². The van der Waals surface area contributed by atoms with E-state index in [-0.39, 0.29) is 17.6 Å². The number of hydrogen-bond acceptors (Lipinski definition) is 5. The van der Waals surface area contributed by atoms with Gasteiger partial charge >= 0.3 is 5.69 Å². The van der Waals surface area contributed by atoms with Gasteiger partial charge in [-0.2, -0.15) is 0 Å². The van der Waals surface area contributed by atoms with Crippen LogP contribution in [0, 0.1) is 0 Å². The van der Waals surface area contributed by atoms with Gasteiger partial charge in [-0.25, -0.2) is 9.78 Å². The molecule has 24 heavy (non-hydrogen) atoms. The van der Waals surface area contributed by atoms with E-state index >= 15 is 0 Å². The van der Waals surface area contributed by atoms with Gasteiger partial charge in [0, 0.05) is 32.9 Å². The second-order valence-corrected chi connectivity index (χ2v) is 6.00. The van der Waals surface area contributed by atoms with Crippen molar-refractivity contribution in [1.82, 2.24) is 19.9 Å². The second-order valence-electron chi connectivity index (χ2n) is 6.00. The summed E-state index contributed by atoms with van der Waals surface area (Å²) in [5, 5.41) is 0. The zero-order chi connectivity index (χ0) is 17.3. The first-order valence-corrected chi connectivity index (χ1v) is 7.73. The third kappa shape index (κ3) is 3.08. The number of nitrogens with zero attached hydrogens (tertiary/aromatic N) is 3. The van der Waals surface area contributed by atoms with Crippen LogP contribution in [0.3, 0.4) is 0 Å². The summed E-state index contributed by atoms with van der Waals surface area (Å²) in [5.74, 6) is 0.472. The summed E-state index contributed by atoms with van der Waals surface area (Å²) in [5.41, 5.74) is -0.263. The summed E-state index contributed by atoms with van der Waals surface area (Å²) in [4.78, 5) is 47.9. The summed E-state index contributed by atoms with van der Waals surface area (Å²) in [6.07, 6.45) is 3.42. The molecule has 0 saturated carbocycles. The lowest BCUT2D eigenvalue weighted by Gasteiger charge is -2.25. The van der Waals surface area contributed by atoms with E-state index in [2.05, 4.69) is 15.0 Å². The molecule has 2 aromatic rings. The van der Waals surface area contributed by atoms with Crippen molar-refractivity contribution in [2.75, 3.05) is 25.5 Å². The molecule has 1 aliphatic rings. The SMILES string of the molecule is CN(C)c1cc([C@@H]2CCCN2C(=O)c2cc(=O)[nH]c(=O)[nH]2)ccn1. The Balaban J connectivity index is 1.93. The molecule has 0 unspecified atom stereocenters. The normalized spacial score (nSPS) is 17.1. The van der Waals surface area contributed by atoms with Crippen LogP contribution in [0.1, 0.15) is 34.9 Å². The van der Waals surface area contributed by atoms with Crippen molar-refractivity contribution in [1.29, 1.82) is 0 Å². The Morgan fingerprint density at radius 2 is 2.08 bits per heavy atom. The zero-order valence-corrected chi connectivity index (χ0v) is 13.6. The number of amides is 1. The Bertz CT molecular complexity index is 842. The lowest BCUT2D eigenvalue weighted by atomic mass is 10.1. The third-order valence-electron chi connectivity index (χ3n) is 4.12. The first-order valence-electron chi connectivity index (χ1n) is 7.73. The van der Waals surface area contributed by atoms with Crippen LogP contribution in [0.15, 0.2) is 34.0 Å². The van der Waals surface area contributed by atoms with Gasteiger partial charge in [0.05, 0.1) is 6.04 Å². The maximum Gasteiger partial charge on any atom is 0.326 e. The summed E-state index contributed by atoms with van der Waals surface area (Å²) in [6, 6.07) is 4.87. The molecule has 2 aromatic heterocycles. The highest BCUT2D eigenvalue weighted by molar-refractivity contribution is 5.92. The highest BCUT2D eigenvalue weighted by Crippen LogP contribution is 2.33. The maximum atomic E-state index is 12.7. The fourth-order valence-corrected chi connectivity index (χ4v) is 2.98. The van der Waals surface area contributed by atoms with Crippen LogP contribution in [-0.4, -0.2) is 46.4 Å². The average Bonchev–Trinajstić information content (AvgIpc) is 3.03. The third-order valence-corrected chi connectivity index (χ3v) is 4.12. The smallest absolute Gasteiger partial charge is 0.326 e. The number of aromatic amines is 2. The number of aromatic nitrogens is 3. The molecule has 1 aliphatic heterocycles. The molecule has 0 aromatic carbocycles. The number of hydrogen-bond donors (Lipinski definition) is 2. The summed E-state index contributed by atoms with van der Waals surface area (Å²) in [6.45, 7) is 0.581. The highest BCUT2D eigenvalue weighted by atomic mass is 16.2. The van der Waals surface area contributed by atoms with E-state index in [0.29, 0.717) is 6.54 Å². The summed E-state index contributed by atoms with van der Waals surface area (Å²) >= 11 is 0. The molecule has 3 rings (SSSR count). The first kappa shape index (κ1) is 16.0. The van der Waals surface area contributed by atoms with E-state index in [9.17, 15) is 14.4 Å². The summed E-state index contributed by atoms with van der Waals surface area (Å²) in [7, 11) is 3.81.